The number of carbonyl (C=O) groups is 2. The number of nitrogens with zero attached hydrogens (tertiary/aromatic N) is 2. The number of carboxylic acids is 1. The van der Waals surface area contributed by atoms with Gasteiger partial charge in [-0.05, 0) is 24.3 Å². The minimum Gasteiger partial charge on any atom is -0.481 e. The first-order chi connectivity index (χ1) is 11.5. The zero-order valence-corrected chi connectivity index (χ0v) is 12.8. The summed E-state index contributed by atoms with van der Waals surface area (Å²) in [5.41, 5.74) is 9.31. The zero-order chi connectivity index (χ0) is 17.1. The Bertz CT molecular complexity index is 900. The number of aromatic nitrogens is 2. The number of rotatable bonds is 5. The smallest absolute Gasteiger partial charge is 0.305 e. The van der Waals surface area contributed by atoms with Crippen molar-refractivity contribution < 1.29 is 14.7 Å². The van der Waals surface area contributed by atoms with Gasteiger partial charge in [-0.2, -0.15) is 0 Å². The Hall–Kier alpha value is -3.35. The Morgan fingerprint density at radius 1 is 1.12 bits per heavy atom. The molecule has 7 heteroatoms. The van der Waals surface area contributed by atoms with E-state index in [1.165, 1.54) is 0 Å². The van der Waals surface area contributed by atoms with Gasteiger partial charge in [0.05, 0.1) is 12.1 Å². The van der Waals surface area contributed by atoms with E-state index in [2.05, 4.69) is 10.3 Å². The highest BCUT2D eigenvalue weighted by atomic mass is 16.4. The van der Waals surface area contributed by atoms with Crippen LogP contribution in [0.4, 0.5) is 5.69 Å². The molecule has 0 saturated carbocycles. The number of carboxylic acid groups (broad SMARTS) is 1. The highest BCUT2D eigenvalue weighted by Gasteiger charge is 2.08. The molecule has 2 aromatic heterocycles. The molecule has 0 atom stereocenters. The second-order valence-electron chi connectivity index (χ2n) is 5.33. The fourth-order valence-electron chi connectivity index (χ4n) is 2.33. The van der Waals surface area contributed by atoms with Crippen LogP contribution in [0.2, 0.25) is 0 Å². The minimum atomic E-state index is -0.946. The summed E-state index contributed by atoms with van der Waals surface area (Å²) in [6.07, 6.45) is 3.55. The largest absolute Gasteiger partial charge is 0.481 e. The van der Waals surface area contributed by atoms with Crippen molar-refractivity contribution in [2.24, 2.45) is 0 Å². The van der Waals surface area contributed by atoms with Crippen LogP contribution < -0.4 is 11.1 Å². The first-order valence-electron chi connectivity index (χ1n) is 7.37. The first kappa shape index (κ1) is 15.5. The van der Waals surface area contributed by atoms with E-state index in [4.69, 9.17) is 10.8 Å². The quantitative estimate of drug-likeness (QED) is 0.663. The van der Waals surface area contributed by atoms with E-state index in [1.807, 2.05) is 16.7 Å². The predicted octanol–water partition coefficient (Wildman–Crippen LogP) is 1.79. The molecule has 0 fully saturated rings. The number of imidazole rings is 1. The van der Waals surface area contributed by atoms with E-state index in [0.717, 1.165) is 16.9 Å². The van der Waals surface area contributed by atoms with Crippen LogP contribution >= 0.6 is 0 Å². The zero-order valence-electron chi connectivity index (χ0n) is 12.8. The van der Waals surface area contributed by atoms with Gasteiger partial charge in [0.25, 0.3) is 5.91 Å². The van der Waals surface area contributed by atoms with E-state index < -0.39 is 5.97 Å². The standard InChI is InChI=1S/C17H16N4O3/c18-13-5-6-15-20-14(10-21(15)9-13)11-1-3-12(4-2-11)17(24)19-8-7-16(22)23/h1-6,9-10H,7-8,18H2,(H,19,24)(H,22,23). The van der Waals surface area contributed by atoms with E-state index >= 15 is 0 Å². The van der Waals surface area contributed by atoms with Crippen molar-refractivity contribution >= 4 is 23.2 Å². The molecule has 0 unspecified atom stereocenters. The average molecular weight is 324 g/mol. The third-order valence-electron chi connectivity index (χ3n) is 3.54. The Morgan fingerprint density at radius 2 is 1.88 bits per heavy atom. The number of aliphatic carboxylic acids is 1. The lowest BCUT2D eigenvalue weighted by Gasteiger charge is -2.04. The maximum atomic E-state index is 11.9. The molecule has 0 saturated heterocycles. The van der Waals surface area contributed by atoms with Gasteiger partial charge in [0.15, 0.2) is 0 Å². The monoisotopic (exact) mass is 324 g/mol. The summed E-state index contributed by atoms with van der Waals surface area (Å²) in [4.78, 5) is 26.9. The molecule has 24 heavy (non-hydrogen) atoms. The molecule has 0 radical (unpaired) electrons. The fourth-order valence-corrected chi connectivity index (χ4v) is 2.33. The van der Waals surface area contributed by atoms with Crippen LogP contribution in [-0.2, 0) is 4.79 Å². The molecule has 1 aromatic carbocycles. The van der Waals surface area contributed by atoms with E-state index in [9.17, 15) is 9.59 Å². The number of anilines is 1. The van der Waals surface area contributed by atoms with Crippen molar-refractivity contribution in [1.29, 1.82) is 0 Å². The lowest BCUT2D eigenvalue weighted by atomic mass is 10.1. The van der Waals surface area contributed by atoms with Crippen LogP contribution in [0.1, 0.15) is 16.8 Å². The van der Waals surface area contributed by atoms with E-state index in [0.29, 0.717) is 11.3 Å². The molecule has 2 heterocycles. The van der Waals surface area contributed by atoms with Gasteiger partial charge >= 0.3 is 5.97 Å². The Morgan fingerprint density at radius 3 is 2.58 bits per heavy atom. The van der Waals surface area contributed by atoms with E-state index in [-0.39, 0.29) is 18.9 Å². The van der Waals surface area contributed by atoms with Crippen molar-refractivity contribution in [2.75, 3.05) is 12.3 Å². The van der Waals surface area contributed by atoms with Crippen LogP contribution in [0.15, 0.2) is 48.8 Å². The highest BCUT2D eigenvalue weighted by Crippen LogP contribution is 2.20. The number of benzene rings is 1. The van der Waals surface area contributed by atoms with Crippen LogP contribution in [0.5, 0.6) is 0 Å². The van der Waals surface area contributed by atoms with E-state index in [1.54, 1.807) is 36.5 Å². The molecule has 0 spiro atoms. The maximum Gasteiger partial charge on any atom is 0.305 e. The number of hydrogen-bond acceptors (Lipinski definition) is 4. The minimum absolute atomic E-state index is 0.101. The lowest BCUT2D eigenvalue weighted by Crippen LogP contribution is -2.25. The number of nitrogen functional groups attached to an aromatic ring is 1. The Kier molecular flexibility index (Phi) is 4.15. The SMILES string of the molecule is Nc1ccc2nc(-c3ccc(C(=O)NCCC(=O)O)cc3)cn2c1. The summed E-state index contributed by atoms with van der Waals surface area (Å²) in [7, 11) is 0. The predicted molar refractivity (Wildman–Crippen MR) is 89.6 cm³/mol. The molecule has 3 rings (SSSR count). The van der Waals surface area contributed by atoms with Crippen molar-refractivity contribution in [3.63, 3.8) is 0 Å². The number of nitrogens with two attached hydrogens (primary N) is 1. The summed E-state index contributed by atoms with van der Waals surface area (Å²) in [6.45, 7) is 0.101. The normalized spacial score (nSPS) is 10.7. The summed E-state index contributed by atoms with van der Waals surface area (Å²) in [5, 5.41) is 11.1. The van der Waals surface area contributed by atoms with Gasteiger partial charge in [-0.15, -0.1) is 0 Å². The fraction of sp³-hybridized carbons (Fsp3) is 0.118. The number of hydrogen-bond donors (Lipinski definition) is 3. The second kappa shape index (κ2) is 6.41. The maximum absolute atomic E-state index is 11.9. The number of fused-ring (bicyclic) bond motifs is 1. The third-order valence-corrected chi connectivity index (χ3v) is 3.54. The van der Waals surface area contributed by atoms with Crippen LogP contribution in [0, 0.1) is 0 Å². The van der Waals surface area contributed by atoms with Crippen molar-refractivity contribution in [1.82, 2.24) is 14.7 Å². The molecule has 0 aliphatic heterocycles. The average Bonchev–Trinajstić information content (AvgIpc) is 2.97. The van der Waals surface area contributed by atoms with Gasteiger partial charge < -0.3 is 20.6 Å². The van der Waals surface area contributed by atoms with Gasteiger partial charge in [-0.3, -0.25) is 9.59 Å². The molecular weight excluding hydrogens is 308 g/mol. The van der Waals surface area contributed by atoms with Crippen molar-refractivity contribution in [3.05, 3.63) is 54.4 Å². The molecule has 0 bridgehead atoms. The lowest BCUT2D eigenvalue weighted by molar-refractivity contribution is -0.136. The number of amides is 1. The summed E-state index contributed by atoms with van der Waals surface area (Å²) in [6, 6.07) is 10.6. The number of carbonyl (C=O) groups excluding carboxylic acids is 1. The molecule has 0 aliphatic rings. The topological polar surface area (TPSA) is 110 Å². The first-order valence-corrected chi connectivity index (χ1v) is 7.37. The van der Waals surface area contributed by atoms with Gasteiger partial charge in [0.1, 0.15) is 5.65 Å². The molecule has 3 aromatic rings. The molecule has 7 nitrogen and oxygen atoms in total. The molecule has 0 aliphatic carbocycles. The molecule has 1 amide bonds. The highest BCUT2D eigenvalue weighted by molar-refractivity contribution is 5.94. The summed E-state index contributed by atoms with van der Waals surface area (Å²) in [5.74, 6) is -1.25. The Labute approximate surface area is 137 Å². The summed E-state index contributed by atoms with van der Waals surface area (Å²) < 4.78 is 1.84. The van der Waals surface area contributed by atoms with Crippen molar-refractivity contribution in [3.8, 4) is 11.3 Å². The second-order valence-corrected chi connectivity index (χ2v) is 5.33. The van der Waals surface area contributed by atoms with Crippen LogP contribution in [0.25, 0.3) is 16.9 Å². The van der Waals surface area contributed by atoms with Gasteiger partial charge in [0.2, 0.25) is 0 Å². The molecular formula is C17H16N4O3. The van der Waals surface area contributed by atoms with Gasteiger partial charge in [-0.25, -0.2) is 4.98 Å². The van der Waals surface area contributed by atoms with Crippen molar-refractivity contribution in [2.45, 2.75) is 6.42 Å². The molecule has 4 N–H and O–H groups in total. The third kappa shape index (κ3) is 3.35. The number of pyridine rings is 1. The van der Waals surface area contributed by atoms with Crippen LogP contribution in [-0.4, -0.2) is 32.9 Å². The Balaban J connectivity index is 1.75. The number of nitrogens with one attached hydrogen (secondary N) is 1. The summed E-state index contributed by atoms with van der Waals surface area (Å²) >= 11 is 0. The van der Waals surface area contributed by atoms with Gasteiger partial charge in [0, 0.05) is 35.8 Å². The van der Waals surface area contributed by atoms with Gasteiger partial charge in [-0.1, -0.05) is 12.1 Å². The van der Waals surface area contributed by atoms with Crippen LogP contribution in [0.3, 0.4) is 0 Å². The molecule has 122 valence electrons.